The van der Waals surface area contributed by atoms with Crippen molar-refractivity contribution in [2.45, 2.75) is 83.3 Å². The van der Waals surface area contributed by atoms with Crippen molar-refractivity contribution in [1.29, 1.82) is 0 Å². The van der Waals surface area contributed by atoms with Crippen molar-refractivity contribution in [2.24, 2.45) is 5.73 Å². The summed E-state index contributed by atoms with van der Waals surface area (Å²) in [6.07, 6.45) is 15.9. The second-order valence-corrected chi connectivity index (χ2v) is 5.38. The third-order valence-electron chi connectivity index (χ3n) is 3.46. The van der Waals surface area contributed by atoms with Crippen LogP contribution in [0, 0.1) is 0 Å². The summed E-state index contributed by atoms with van der Waals surface area (Å²) in [7, 11) is 0. The van der Waals surface area contributed by atoms with Gasteiger partial charge in [0.15, 0.2) is 0 Å². The van der Waals surface area contributed by atoms with E-state index in [0.29, 0.717) is 0 Å². The molecule has 4 N–H and O–H groups in total. The van der Waals surface area contributed by atoms with Crippen LogP contribution in [0.25, 0.3) is 0 Å². The van der Waals surface area contributed by atoms with Crippen molar-refractivity contribution in [2.75, 3.05) is 6.61 Å². The van der Waals surface area contributed by atoms with E-state index in [4.69, 9.17) is 10.8 Å². The first-order chi connectivity index (χ1) is 9.22. The summed E-state index contributed by atoms with van der Waals surface area (Å²) in [5.74, 6) is 0. The Kier molecular flexibility index (Phi) is 13.8. The molecule has 0 fully saturated rings. The molecule has 0 bridgehead atoms. The van der Waals surface area contributed by atoms with Gasteiger partial charge in [-0.1, -0.05) is 70.4 Å². The number of allylic oxidation sites excluding steroid dienone is 1. The van der Waals surface area contributed by atoms with Crippen molar-refractivity contribution >= 4 is 0 Å². The first kappa shape index (κ1) is 18.6. The molecule has 0 unspecified atom stereocenters. The fourth-order valence-corrected chi connectivity index (χ4v) is 2.06. The molecule has 0 aromatic rings. The molecule has 0 aromatic carbocycles. The molecule has 19 heavy (non-hydrogen) atoms. The molecule has 2 atom stereocenters. The first-order valence-electron chi connectivity index (χ1n) is 7.93. The fourth-order valence-electron chi connectivity index (χ4n) is 2.06. The van der Waals surface area contributed by atoms with E-state index < -0.39 is 12.1 Å². The van der Waals surface area contributed by atoms with Gasteiger partial charge in [-0.05, 0) is 12.8 Å². The molecule has 0 spiro atoms. The Labute approximate surface area is 118 Å². The van der Waals surface area contributed by atoms with Gasteiger partial charge < -0.3 is 15.9 Å². The third kappa shape index (κ3) is 12.4. The molecule has 0 aliphatic rings. The fraction of sp³-hybridized carbons (Fsp3) is 0.875. The lowest BCUT2D eigenvalue weighted by Gasteiger charge is -2.11. The van der Waals surface area contributed by atoms with Crippen molar-refractivity contribution < 1.29 is 10.2 Å². The van der Waals surface area contributed by atoms with Crippen LogP contribution < -0.4 is 5.73 Å². The summed E-state index contributed by atoms with van der Waals surface area (Å²) in [4.78, 5) is 0. The number of nitrogens with two attached hydrogens (primary N) is 1. The maximum absolute atomic E-state index is 9.49. The van der Waals surface area contributed by atoms with Crippen LogP contribution in [0.3, 0.4) is 0 Å². The quantitative estimate of drug-likeness (QED) is 0.356. The molecule has 0 aromatic heterocycles. The molecule has 0 aliphatic carbocycles. The van der Waals surface area contributed by atoms with E-state index in [1.165, 1.54) is 57.8 Å². The number of aliphatic hydroxyl groups is 2. The predicted molar refractivity (Wildman–Crippen MR) is 82.1 cm³/mol. The van der Waals surface area contributed by atoms with Gasteiger partial charge in [0.1, 0.15) is 0 Å². The van der Waals surface area contributed by atoms with E-state index in [2.05, 4.69) is 6.92 Å². The summed E-state index contributed by atoms with van der Waals surface area (Å²) >= 11 is 0. The van der Waals surface area contributed by atoms with Gasteiger partial charge in [0.2, 0.25) is 0 Å². The molecule has 0 saturated carbocycles. The van der Waals surface area contributed by atoms with E-state index >= 15 is 0 Å². The molecule has 0 aliphatic heterocycles. The normalized spacial score (nSPS) is 14.9. The lowest BCUT2D eigenvalue weighted by Crippen LogP contribution is -2.36. The summed E-state index contributed by atoms with van der Waals surface area (Å²) in [6, 6.07) is -0.556. The standard InChI is InChI=1S/C16H33NO2/c1-2-3-4-5-6-7-8-9-10-11-12-13-16(19)15(17)14-18/h12-13,15-16,18-19H,2-11,14,17H2,1H3/b13-12+/t15-,16+/m0/s1. The Morgan fingerprint density at radius 1 is 0.947 bits per heavy atom. The molecule has 3 nitrogen and oxygen atoms in total. The van der Waals surface area contributed by atoms with Crippen LogP contribution in [-0.2, 0) is 0 Å². The van der Waals surface area contributed by atoms with E-state index in [1.54, 1.807) is 6.08 Å². The van der Waals surface area contributed by atoms with E-state index in [0.717, 1.165) is 6.42 Å². The summed E-state index contributed by atoms with van der Waals surface area (Å²) in [6.45, 7) is 2.07. The van der Waals surface area contributed by atoms with Crippen molar-refractivity contribution in [1.82, 2.24) is 0 Å². The molecule has 0 radical (unpaired) electrons. The Balaban J connectivity index is 3.24. The predicted octanol–water partition coefficient (Wildman–Crippen LogP) is 3.14. The molecule has 0 heterocycles. The smallest absolute Gasteiger partial charge is 0.0894 e. The van der Waals surface area contributed by atoms with Crippen LogP contribution in [-0.4, -0.2) is 29.0 Å². The van der Waals surface area contributed by atoms with Crippen LogP contribution >= 0.6 is 0 Å². The number of unbranched alkanes of at least 4 members (excludes halogenated alkanes) is 9. The zero-order valence-electron chi connectivity index (χ0n) is 12.6. The molecule has 0 saturated heterocycles. The largest absolute Gasteiger partial charge is 0.395 e. The Morgan fingerprint density at radius 3 is 2.00 bits per heavy atom. The van der Waals surface area contributed by atoms with Crippen LogP contribution in [0.5, 0.6) is 0 Å². The van der Waals surface area contributed by atoms with Crippen molar-refractivity contribution in [3.05, 3.63) is 12.2 Å². The molecule has 0 rings (SSSR count). The minimum atomic E-state index is -0.719. The van der Waals surface area contributed by atoms with E-state index in [-0.39, 0.29) is 6.61 Å². The summed E-state index contributed by atoms with van der Waals surface area (Å²) in [5, 5.41) is 18.3. The minimum Gasteiger partial charge on any atom is -0.395 e. The third-order valence-corrected chi connectivity index (χ3v) is 3.46. The van der Waals surface area contributed by atoms with Gasteiger partial charge >= 0.3 is 0 Å². The van der Waals surface area contributed by atoms with Gasteiger partial charge in [0.05, 0.1) is 18.8 Å². The molecule has 3 heteroatoms. The Hall–Kier alpha value is -0.380. The summed E-state index contributed by atoms with van der Waals surface area (Å²) in [5.41, 5.74) is 5.50. The van der Waals surface area contributed by atoms with Crippen molar-refractivity contribution in [3.63, 3.8) is 0 Å². The van der Waals surface area contributed by atoms with Crippen LogP contribution in [0.1, 0.15) is 71.1 Å². The highest BCUT2D eigenvalue weighted by Crippen LogP contribution is 2.10. The van der Waals surface area contributed by atoms with Gasteiger partial charge in [0, 0.05) is 0 Å². The molecular formula is C16H33NO2. The molecular weight excluding hydrogens is 238 g/mol. The zero-order chi connectivity index (χ0) is 14.3. The lowest BCUT2D eigenvalue weighted by atomic mass is 10.1. The number of hydrogen-bond acceptors (Lipinski definition) is 3. The number of aliphatic hydroxyl groups excluding tert-OH is 2. The van der Waals surface area contributed by atoms with Crippen LogP contribution in [0.15, 0.2) is 12.2 Å². The van der Waals surface area contributed by atoms with Gasteiger partial charge in [0.25, 0.3) is 0 Å². The Bertz CT molecular complexity index is 207. The lowest BCUT2D eigenvalue weighted by molar-refractivity contribution is 0.144. The highest BCUT2D eigenvalue weighted by Gasteiger charge is 2.08. The molecule has 0 amide bonds. The maximum atomic E-state index is 9.49. The Morgan fingerprint density at radius 2 is 1.47 bits per heavy atom. The topological polar surface area (TPSA) is 66.5 Å². The van der Waals surface area contributed by atoms with Gasteiger partial charge in [-0.3, -0.25) is 0 Å². The number of rotatable bonds is 13. The van der Waals surface area contributed by atoms with Gasteiger partial charge in [-0.15, -0.1) is 0 Å². The van der Waals surface area contributed by atoms with Gasteiger partial charge in [-0.25, -0.2) is 0 Å². The second-order valence-electron chi connectivity index (χ2n) is 5.38. The number of hydrogen-bond donors (Lipinski definition) is 3. The highest BCUT2D eigenvalue weighted by atomic mass is 16.3. The van der Waals surface area contributed by atoms with Crippen LogP contribution in [0.2, 0.25) is 0 Å². The van der Waals surface area contributed by atoms with E-state index in [1.807, 2.05) is 6.08 Å². The molecule has 114 valence electrons. The SMILES string of the molecule is CCCCCCCCCCC/C=C/[C@@H](O)[C@@H](N)CO. The van der Waals surface area contributed by atoms with Crippen LogP contribution in [0.4, 0.5) is 0 Å². The monoisotopic (exact) mass is 271 g/mol. The van der Waals surface area contributed by atoms with E-state index in [9.17, 15) is 5.11 Å². The van der Waals surface area contributed by atoms with Gasteiger partial charge in [-0.2, -0.15) is 0 Å². The maximum Gasteiger partial charge on any atom is 0.0894 e. The minimum absolute atomic E-state index is 0.177. The highest BCUT2D eigenvalue weighted by molar-refractivity contribution is 4.93. The van der Waals surface area contributed by atoms with Crippen molar-refractivity contribution in [3.8, 4) is 0 Å². The average Bonchev–Trinajstić information content (AvgIpc) is 2.43. The second kappa shape index (κ2) is 14.0. The zero-order valence-corrected chi connectivity index (χ0v) is 12.6. The summed E-state index contributed by atoms with van der Waals surface area (Å²) < 4.78 is 0. The average molecular weight is 271 g/mol. The first-order valence-corrected chi connectivity index (χ1v) is 7.93.